The van der Waals surface area contributed by atoms with E-state index in [9.17, 15) is 0 Å². The summed E-state index contributed by atoms with van der Waals surface area (Å²) in [6.07, 6.45) is 0.972. The third kappa shape index (κ3) is 3.64. The van der Waals surface area contributed by atoms with Gasteiger partial charge in [0, 0.05) is 4.83 Å². The number of alkyl halides is 1. The zero-order chi connectivity index (χ0) is 14.7. The maximum atomic E-state index is 5.26. The number of methoxy groups -OCH3 is 1. The van der Waals surface area contributed by atoms with Crippen molar-refractivity contribution in [3.05, 3.63) is 63.1 Å². The highest BCUT2D eigenvalue weighted by molar-refractivity contribution is 9.10. The van der Waals surface area contributed by atoms with Crippen molar-refractivity contribution >= 4 is 31.9 Å². The largest absolute Gasteiger partial charge is 0.496 e. The summed E-state index contributed by atoms with van der Waals surface area (Å²) in [5, 5.41) is 0. The van der Waals surface area contributed by atoms with E-state index >= 15 is 0 Å². The van der Waals surface area contributed by atoms with Gasteiger partial charge in [-0.3, -0.25) is 0 Å². The molecule has 0 bridgehead atoms. The van der Waals surface area contributed by atoms with Gasteiger partial charge in [0.1, 0.15) is 5.75 Å². The first-order valence-electron chi connectivity index (χ1n) is 6.55. The van der Waals surface area contributed by atoms with Crippen LogP contribution in [0, 0.1) is 13.8 Å². The zero-order valence-corrected chi connectivity index (χ0v) is 15.1. The lowest BCUT2D eigenvalue weighted by Gasteiger charge is -2.13. The van der Waals surface area contributed by atoms with Crippen LogP contribution < -0.4 is 4.74 Å². The van der Waals surface area contributed by atoms with E-state index in [1.807, 2.05) is 6.07 Å². The number of hydrogen-bond donors (Lipinski definition) is 0. The first-order chi connectivity index (χ1) is 9.51. The Morgan fingerprint density at radius 2 is 1.80 bits per heavy atom. The average molecular weight is 398 g/mol. The molecular formula is C17H18Br2O. The van der Waals surface area contributed by atoms with E-state index in [-0.39, 0.29) is 0 Å². The zero-order valence-electron chi connectivity index (χ0n) is 11.9. The molecular weight excluding hydrogens is 380 g/mol. The van der Waals surface area contributed by atoms with Gasteiger partial charge in [-0.15, -0.1) is 0 Å². The highest BCUT2D eigenvalue weighted by atomic mass is 79.9. The molecule has 0 N–H and O–H groups in total. The fourth-order valence-corrected chi connectivity index (χ4v) is 3.35. The second kappa shape index (κ2) is 6.77. The summed E-state index contributed by atoms with van der Waals surface area (Å²) in [4.78, 5) is 0.298. The molecule has 1 atom stereocenters. The van der Waals surface area contributed by atoms with E-state index < -0.39 is 0 Å². The molecule has 0 aliphatic rings. The molecule has 2 aromatic carbocycles. The van der Waals surface area contributed by atoms with Crippen molar-refractivity contribution in [1.29, 1.82) is 0 Å². The Kier molecular flexibility index (Phi) is 5.28. The number of ether oxygens (including phenoxy) is 1. The SMILES string of the molecule is COc1ccc(C(Br)Cc2ccc(C)c(C)c2)cc1Br. The third-order valence-electron chi connectivity index (χ3n) is 3.52. The fraction of sp³-hybridized carbons (Fsp3) is 0.294. The minimum Gasteiger partial charge on any atom is -0.496 e. The Balaban J connectivity index is 2.17. The van der Waals surface area contributed by atoms with Gasteiger partial charge in [-0.05, 0) is 70.6 Å². The van der Waals surface area contributed by atoms with Crippen LogP contribution in [-0.2, 0) is 6.42 Å². The number of halogens is 2. The molecule has 0 aliphatic heterocycles. The Labute approximate surface area is 137 Å². The summed E-state index contributed by atoms with van der Waals surface area (Å²) < 4.78 is 6.25. The summed E-state index contributed by atoms with van der Waals surface area (Å²) in [7, 11) is 1.68. The van der Waals surface area contributed by atoms with Crippen LogP contribution in [0.15, 0.2) is 40.9 Å². The van der Waals surface area contributed by atoms with Crippen molar-refractivity contribution in [2.45, 2.75) is 25.1 Å². The smallest absolute Gasteiger partial charge is 0.133 e. The Morgan fingerprint density at radius 1 is 1.05 bits per heavy atom. The molecule has 2 aromatic rings. The molecule has 106 valence electrons. The van der Waals surface area contributed by atoms with Gasteiger partial charge >= 0.3 is 0 Å². The van der Waals surface area contributed by atoms with Crippen LogP contribution in [0.3, 0.4) is 0 Å². The fourth-order valence-electron chi connectivity index (χ4n) is 2.13. The number of aryl methyl sites for hydroxylation is 2. The molecule has 0 fully saturated rings. The number of hydrogen-bond acceptors (Lipinski definition) is 1. The van der Waals surface area contributed by atoms with Crippen LogP contribution in [-0.4, -0.2) is 7.11 Å². The predicted molar refractivity (Wildman–Crippen MR) is 92.0 cm³/mol. The van der Waals surface area contributed by atoms with Crippen molar-refractivity contribution in [3.8, 4) is 5.75 Å². The maximum Gasteiger partial charge on any atom is 0.133 e. The highest BCUT2D eigenvalue weighted by Crippen LogP contribution is 2.33. The summed E-state index contributed by atoms with van der Waals surface area (Å²) >= 11 is 7.32. The summed E-state index contributed by atoms with van der Waals surface area (Å²) in [5.74, 6) is 0.861. The Bertz CT molecular complexity index is 608. The van der Waals surface area contributed by atoms with Crippen molar-refractivity contribution in [2.75, 3.05) is 7.11 Å². The van der Waals surface area contributed by atoms with Crippen molar-refractivity contribution in [1.82, 2.24) is 0 Å². The predicted octanol–water partition coefficient (Wildman–Crippen LogP) is 5.75. The van der Waals surface area contributed by atoms with Crippen LogP contribution in [0.4, 0.5) is 0 Å². The molecule has 0 saturated heterocycles. The molecule has 0 amide bonds. The van der Waals surface area contributed by atoms with Crippen LogP contribution >= 0.6 is 31.9 Å². The maximum absolute atomic E-state index is 5.26. The van der Waals surface area contributed by atoms with E-state index in [1.165, 1.54) is 22.3 Å². The lowest BCUT2D eigenvalue weighted by molar-refractivity contribution is 0.412. The van der Waals surface area contributed by atoms with Crippen molar-refractivity contribution in [2.24, 2.45) is 0 Å². The van der Waals surface area contributed by atoms with Gasteiger partial charge < -0.3 is 4.74 Å². The minimum atomic E-state index is 0.298. The standard InChI is InChI=1S/C17H18Br2O/c1-11-4-5-13(8-12(11)2)9-15(18)14-6-7-17(20-3)16(19)10-14/h4-8,10,15H,9H2,1-3H3. The second-order valence-corrected chi connectivity index (χ2v) is 6.94. The normalized spacial score (nSPS) is 12.2. The lowest BCUT2D eigenvalue weighted by atomic mass is 10.0. The van der Waals surface area contributed by atoms with E-state index in [1.54, 1.807) is 7.11 Å². The van der Waals surface area contributed by atoms with Crippen molar-refractivity contribution < 1.29 is 4.74 Å². The molecule has 0 spiro atoms. The molecule has 1 unspecified atom stereocenters. The van der Waals surface area contributed by atoms with Gasteiger partial charge in [0.05, 0.1) is 11.6 Å². The molecule has 2 rings (SSSR count). The van der Waals surface area contributed by atoms with Gasteiger partial charge in [-0.25, -0.2) is 0 Å². The molecule has 0 radical (unpaired) electrons. The minimum absolute atomic E-state index is 0.298. The third-order valence-corrected chi connectivity index (χ3v) is 5.00. The second-order valence-electron chi connectivity index (χ2n) is 4.98. The number of benzene rings is 2. The molecule has 0 aromatic heterocycles. The van der Waals surface area contributed by atoms with Gasteiger partial charge in [0.25, 0.3) is 0 Å². The summed E-state index contributed by atoms with van der Waals surface area (Å²) in [6, 6.07) is 12.9. The average Bonchev–Trinajstić information content (AvgIpc) is 2.42. The van der Waals surface area contributed by atoms with Crippen LogP contribution in [0.2, 0.25) is 0 Å². The molecule has 20 heavy (non-hydrogen) atoms. The van der Waals surface area contributed by atoms with Gasteiger partial charge in [0.2, 0.25) is 0 Å². The van der Waals surface area contributed by atoms with Crippen LogP contribution in [0.25, 0.3) is 0 Å². The first-order valence-corrected chi connectivity index (χ1v) is 8.25. The van der Waals surface area contributed by atoms with E-state index in [0.29, 0.717) is 4.83 Å². The molecule has 0 aliphatic carbocycles. The summed E-state index contributed by atoms with van der Waals surface area (Å²) in [5.41, 5.74) is 5.28. The molecule has 0 saturated carbocycles. The van der Waals surface area contributed by atoms with Gasteiger partial charge in [-0.1, -0.05) is 40.2 Å². The van der Waals surface area contributed by atoms with Crippen molar-refractivity contribution in [3.63, 3.8) is 0 Å². The van der Waals surface area contributed by atoms with Crippen LogP contribution in [0.1, 0.15) is 27.1 Å². The van der Waals surface area contributed by atoms with E-state index in [4.69, 9.17) is 4.74 Å². The molecule has 3 heteroatoms. The highest BCUT2D eigenvalue weighted by Gasteiger charge is 2.11. The Hall–Kier alpha value is -0.800. The summed E-state index contributed by atoms with van der Waals surface area (Å²) in [6.45, 7) is 4.30. The lowest BCUT2D eigenvalue weighted by Crippen LogP contribution is -1.97. The topological polar surface area (TPSA) is 9.23 Å². The molecule has 1 nitrogen and oxygen atoms in total. The molecule has 0 heterocycles. The first kappa shape index (κ1) is 15.6. The monoisotopic (exact) mass is 396 g/mol. The Morgan fingerprint density at radius 3 is 2.40 bits per heavy atom. The van der Waals surface area contributed by atoms with Gasteiger partial charge in [-0.2, -0.15) is 0 Å². The van der Waals surface area contributed by atoms with E-state index in [0.717, 1.165) is 16.6 Å². The quantitative estimate of drug-likeness (QED) is 0.596. The van der Waals surface area contributed by atoms with E-state index in [2.05, 4.69) is 76.0 Å². The van der Waals surface area contributed by atoms with Gasteiger partial charge in [0.15, 0.2) is 0 Å². The number of rotatable bonds is 4. The van der Waals surface area contributed by atoms with Crippen LogP contribution in [0.5, 0.6) is 5.75 Å².